The van der Waals surface area contributed by atoms with Gasteiger partial charge in [0, 0.05) is 17.6 Å². The van der Waals surface area contributed by atoms with Gasteiger partial charge in [0.25, 0.3) is 0 Å². The van der Waals surface area contributed by atoms with Crippen LogP contribution in [0.25, 0.3) is 0 Å². The summed E-state index contributed by atoms with van der Waals surface area (Å²) in [5.74, 6) is -3.11. The highest BCUT2D eigenvalue weighted by molar-refractivity contribution is 7.09. The Bertz CT molecular complexity index is 821. The number of thiazole rings is 1. The molecule has 3 rings (SSSR count). The van der Waals surface area contributed by atoms with Crippen molar-refractivity contribution in [3.05, 3.63) is 46.2 Å². The number of aromatic nitrogens is 1. The smallest absolute Gasteiger partial charge is 0.355 e. The van der Waals surface area contributed by atoms with Crippen LogP contribution in [-0.2, 0) is 16.1 Å². The fraction of sp³-hybridized carbons (Fsp3) is 0.250. The van der Waals surface area contributed by atoms with E-state index in [2.05, 4.69) is 10.3 Å². The van der Waals surface area contributed by atoms with Crippen molar-refractivity contribution in [1.29, 1.82) is 0 Å². The van der Waals surface area contributed by atoms with Crippen LogP contribution >= 0.6 is 11.3 Å². The molecule has 1 aromatic heterocycles. The van der Waals surface area contributed by atoms with Crippen LogP contribution in [0.15, 0.2) is 29.6 Å². The van der Waals surface area contributed by atoms with Gasteiger partial charge in [-0.2, -0.15) is 0 Å². The van der Waals surface area contributed by atoms with E-state index in [0.717, 1.165) is 11.3 Å². The zero-order chi connectivity index (χ0) is 18.0. The molecule has 0 saturated carbocycles. The Morgan fingerprint density at radius 1 is 1.36 bits per heavy atom. The maximum atomic E-state index is 13.0. The molecule has 25 heavy (non-hydrogen) atoms. The summed E-state index contributed by atoms with van der Waals surface area (Å²) < 4.78 is 13.0. The number of anilines is 1. The van der Waals surface area contributed by atoms with Crippen molar-refractivity contribution in [3.8, 4) is 0 Å². The Kier molecular flexibility index (Phi) is 4.75. The molecular weight excluding hydrogens is 349 g/mol. The summed E-state index contributed by atoms with van der Waals surface area (Å²) in [7, 11) is 0. The number of hydrogen-bond donors (Lipinski definition) is 2. The van der Waals surface area contributed by atoms with Crippen LogP contribution < -0.4 is 10.2 Å². The van der Waals surface area contributed by atoms with E-state index >= 15 is 0 Å². The van der Waals surface area contributed by atoms with Crippen LogP contribution in [0.3, 0.4) is 0 Å². The predicted octanol–water partition coefficient (Wildman–Crippen LogP) is 1.65. The minimum absolute atomic E-state index is 0.0666. The highest BCUT2D eigenvalue weighted by atomic mass is 32.1. The second kappa shape index (κ2) is 6.98. The number of carboxylic acids is 1. The minimum Gasteiger partial charge on any atom is -0.476 e. The van der Waals surface area contributed by atoms with Crippen molar-refractivity contribution in [2.75, 3.05) is 11.4 Å². The molecule has 1 aromatic carbocycles. The number of halogens is 1. The molecule has 1 saturated heterocycles. The molecule has 2 amide bonds. The molecule has 0 aliphatic carbocycles. The first kappa shape index (κ1) is 17.0. The fourth-order valence-corrected chi connectivity index (χ4v) is 3.28. The lowest BCUT2D eigenvalue weighted by Gasteiger charge is -2.16. The summed E-state index contributed by atoms with van der Waals surface area (Å²) in [4.78, 5) is 40.8. The van der Waals surface area contributed by atoms with Crippen molar-refractivity contribution in [2.45, 2.75) is 13.0 Å². The molecule has 1 fully saturated rings. The maximum Gasteiger partial charge on any atom is 0.355 e. The molecule has 1 unspecified atom stereocenters. The third-order valence-electron chi connectivity index (χ3n) is 3.85. The fourth-order valence-electron chi connectivity index (χ4n) is 2.58. The van der Waals surface area contributed by atoms with Crippen molar-refractivity contribution in [1.82, 2.24) is 10.3 Å². The highest BCUT2D eigenvalue weighted by Gasteiger charge is 2.37. The molecule has 1 atom stereocenters. The van der Waals surface area contributed by atoms with Crippen LogP contribution in [0.5, 0.6) is 0 Å². The molecule has 0 bridgehead atoms. The molecule has 2 aromatic rings. The lowest BCUT2D eigenvalue weighted by atomic mass is 10.1. The van der Waals surface area contributed by atoms with Crippen molar-refractivity contribution >= 4 is 34.8 Å². The molecule has 1 aliphatic heterocycles. The van der Waals surface area contributed by atoms with E-state index in [-0.39, 0.29) is 18.1 Å². The molecule has 2 N–H and O–H groups in total. The normalized spacial score (nSPS) is 16.9. The number of hydrogen-bond acceptors (Lipinski definition) is 5. The number of carbonyl (C=O) groups is 3. The lowest BCUT2D eigenvalue weighted by Crippen LogP contribution is -2.36. The molecule has 130 valence electrons. The predicted molar refractivity (Wildman–Crippen MR) is 87.8 cm³/mol. The average molecular weight is 363 g/mol. The van der Waals surface area contributed by atoms with Crippen molar-refractivity contribution in [2.24, 2.45) is 5.92 Å². The molecule has 0 radical (unpaired) electrons. The number of carboxylic acid groups (broad SMARTS) is 1. The van der Waals surface area contributed by atoms with E-state index in [4.69, 9.17) is 5.11 Å². The monoisotopic (exact) mass is 363 g/mol. The van der Waals surface area contributed by atoms with Gasteiger partial charge in [0.1, 0.15) is 16.7 Å². The Balaban J connectivity index is 1.60. The highest BCUT2D eigenvalue weighted by Crippen LogP contribution is 2.25. The molecule has 2 heterocycles. The van der Waals surface area contributed by atoms with Crippen LogP contribution in [0.1, 0.15) is 21.9 Å². The SMILES string of the molecule is O=C(O)c1csc(CNC(=O)C2CCN(c3ccc(F)cc3)C2=O)n1. The number of carbonyl (C=O) groups excluding carboxylic acids is 2. The quantitative estimate of drug-likeness (QED) is 0.787. The first-order valence-corrected chi connectivity index (χ1v) is 8.36. The average Bonchev–Trinajstić information content (AvgIpc) is 3.20. The zero-order valence-corrected chi connectivity index (χ0v) is 13.8. The van der Waals surface area contributed by atoms with E-state index < -0.39 is 23.6 Å². The zero-order valence-electron chi connectivity index (χ0n) is 12.9. The Hall–Kier alpha value is -2.81. The van der Waals surface area contributed by atoms with E-state index in [1.807, 2.05) is 0 Å². The Morgan fingerprint density at radius 3 is 2.72 bits per heavy atom. The van der Waals surface area contributed by atoms with E-state index in [9.17, 15) is 18.8 Å². The second-order valence-electron chi connectivity index (χ2n) is 5.46. The van der Waals surface area contributed by atoms with Gasteiger partial charge in [-0.05, 0) is 30.7 Å². The van der Waals surface area contributed by atoms with Gasteiger partial charge in [-0.1, -0.05) is 0 Å². The van der Waals surface area contributed by atoms with Gasteiger partial charge in [0.05, 0.1) is 6.54 Å². The van der Waals surface area contributed by atoms with E-state index in [1.165, 1.54) is 34.5 Å². The van der Waals surface area contributed by atoms with Gasteiger partial charge in [0.2, 0.25) is 11.8 Å². The molecule has 1 aliphatic rings. The summed E-state index contributed by atoms with van der Waals surface area (Å²) in [6.45, 7) is 0.445. The van der Waals surface area contributed by atoms with Gasteiger partial charge >= 0.3 is 5.97 Å². The largest absolute Gasteiger partial charge is 0.476 e. The second-order valence-corrected chi connectivity index (χ2v) is 6.40. The van der Waals surface area contributed by atoms with E-state index in [1.54, 1.807) is 0 Å². The number of nitrogens with one attached hydrogen (secondary N) is 1. The summed E-state index contributed by atoms with van der Waals surface area (Å²) >= 11 is 1.12. The molecule has 9 heteroatoms. The third-order valence-corrected chi connectivity index (χ3v) is 4.69. The molecular formula is C16H14FN3O4S. The van der Waals surface area contributed by atoms with Crippen LogP contribution in [0, 0.1) is 11.7 Å². The number of rotatable bonds is 5. The van der Waals surface area contributed by atoms with Gasteiger partial charge in [-0.3, -0.25) is 9.59 Å². The standard InChI is InChI=1S/C16H14FN3O4S/c17-9-1-3-10(4-2-9)20-6-5-11(15(20)22)14(21)18-7-13-19-12(8-25-13)16(23)24/h1-4,8,11H,5-7H2,(H,18,21)(H,23,24). The summed E-state index contributed by atoms with van der Waals surface area (Å²) in [6, 6.07) is 5.52. The van der Waals surface area contributed by atoms with Crippen molar-refractivity contribution < 1.29 is 23.9 Å². The summed E-state index contributed by atoms with van der Waals surface area (Å²) in [5, 5.41) is 13.3. The first-order valence-electron chi connectivity index (χ1n) is 7.48. The van der Waals surface area contributed by atoms with Crippen LogP contribution in [0.2, 0.25) is 0 Å². The van der Waals surface area contributed by atoms with Gasteiger partial charge < -0.3 is 15.3 Å². The topological polar surface area (TPSA) is 99.6 Å². The maximum absolute atomic E-state index is 13.0. The number of aromatic carboxylic acids is 1. The number of nitrogens with zero attached hydrogens (tertiary/aromatic N) is 2. The lowest BCUT2D eigenvalue weighted by molar-refractivity contribution is -0.132. The van der Waals surface area contributed by atoms with Crippen LogP contribution in [0.4, 0.5) is 10.1 Å². The number of amides is 2. The molecule has 7 nitrogen and oxygen atoms in total. The number of benzene rings is 1. The Labute approximate surface area is 146 Å². The minimum atomic E-state index is -1.13. The van der Waals surface area contributed by atoms with Gasteiger partial charge in [-0.25, -0.2) is 14.2 Å². The Morgan fingerprint density at radius 2 is 2.08 bits per heavy atom. The molecule has 0 spiro atoms. The summed E-state index contributed by atoms with van der Waals surface area (Å²) in [6.07, 6.45) is 0.361. The van der Waals surface area contributed by atoms with Crippen molar-refractivity contribution in [3.63, 3.8) is 0 Å². The van der Waals surface area contributed by atoms with Crippen LogP contribution in [-0.4, -0.2) is 34.4 Å². The summed E-state index contributed by atoms with van der Waals surface area (Å²) in [5.41, 5.74) is 0.474. The van der Waals surface area contributed by atoms with E-state index in [0.29, 0.717) is 23.7 Å². The third kappa shape index (κ3) is 3.66. The first-order chi connectivity index (χ1) is 12.0. The van der Waals surface area contributed by atoms with Gasteiger partial charge in [0.15, 0.2) is 5.69 Å². The van der Waals surface area contributed by atoms with Gasteiger partial charge in [-0.15, -0.1) is 11.3 Å².